The monoisotopic (exact) mass is 397 g/mol. The summed E-state index contributed by atoms with van der Waals surface area (Å²) in [6, 6.07) is 3.41. The van der Waals surface area contributed by atoms with E-state index in [1.807, 2.05) is 27.0 Å². The summed E-state index contributed by atoms with van der Waals surface area (Å²) in [7, 11) is 0. The van der Waals surface area contributed by atoms with Gasteiger partial charge in [-0.05, 0) is 51.2 Å². The van der Waals surface area contributed by atoms with Crippen LogP contribution in [0.5, 0.6) is 5.75 Å². The molecule has 0 atom stereocenters. The Kier molecular flexibility index (Phi) is 6.10. The Labute approximate surface area is 172 Å². The van der Waals surface area contributed by atoms with Gasteiger partial charge >= 0.3 is 5.97 Å². The van der Waals surface area contributed by atoms with Crippen LogP contribution in [0.15, 0.2) is 24.5 Å². The first-order valence-corrected chi connectivity index (χ1v) is 10.2. The quantitative estimate of drug-likeness (QED) is 0.759. The molecule has 2 aromatic rings. The Hall–Kier alpha value is -2.63. The number of aromatic hydroxyl groups is 1. The number of aryl methyl sites for hydroxylation is 1. The fourth-order valence-corrected chi connectivity index (χ4v) is 3.72. The largest absolute Gasteiger partial charge is 0.506 e. The van der Waals surface area contributed by atoms with E-state index in [1.165, 1.54) is 6.20 Å². The van der Waals surface area contributed by atoms with E-state index in [1.54, 1.807) is 12.1 Å². The van der Waals surface area contributed by atoms with Crippen molar-refractivity contribution in [3.8, 4) is 17.0 Å². The van der Waals surface area contributed by atoms with Crippen molar-refractivity contribution < 1.29 is 14.6 Å². The first-order chi connectivity index (χ1) is 13.7. The van der Waals surface area contributed by atoms with Crippen LogP contribution in [0.25, 0.3) is 11.3 Å². The predicted molar refractivity (Wildman–Crippen MR) is 114 cm³/mol. The van der Waals surface area contributed by atoms with Gasteiger partial charge in [0.25, 0.3) is 0 Å². The van der Waals surface area contributed by atoms with Gasteiger partial charge in [-0.25, -0.2) is 0 Å². The third-order valence-electron chi connectivity index (χ3n) is 5.51. The zero-order valence-electron chi connectivity index (χ0n) is 18.0. The third kappa shape index (κ3) is 5.05. The van der Waals surface area contributed by atoms with Crippen molar-refractivity contribution in [3.63, 3.8) is 0 Å². The maximum Gasteiger partial charge on any atom is 0.310 e. The molecule has 0 amide bonds. The Bertz CT molecular complexity index is 866. The van der Waals surface area contributed by atoms with Gasteiger partial charge in [0.05, 0.1) is 30.1 Å². The van der Waals surface area contributed by atoms with Crippen LogP contribution < -0.4 is 4.90 Å². The third-order valence-corrected chi connectivity index (χ3v) is 5.51. The van der Waals surface area contributed by atoms with Gasteiger partial charge in [-0.2, -0.15) is 0 Å². The lowest BCUT2D eigenvalue weighted by Crippen LogP contribution is -2.38. The number of carbonyl (C=O) groups is 1. The number of ether oxygens (including phenoxy) is 1. The minimum atomic E-state index is -0.251. The van der Waals surface area contributed by atoms with Crippen LogP contribution >= 0.6 is 0 Å². The Morgan fingerprint density at radius 2 is 1.90 bits per heavy atom. The van der Waals surface area contributed by atoms with Crippen molar-refractivity contribution in [2.45, 2.75) is 60.0 Å². The molecule has 0 unspecified atom stereocenters. The van der Waals surface area contributed by atoms with Gasteiger partial charge in [0.15, 0.2) is 0 Å². The van der Waals surface area contributed by atoms with Crippen molar-refractivity contribution in [3.05, 3.63) is 35.8 Å². The number of esters is 1. The fraction of sp³-hybridized carbons (Fsp3) is 0.522. The molecule has 156 valence electrons. The first kappa shape index (κ1) is 21.1. The van der Waals surface area contributed by atoms with E-state index in [9.17, 15) is 9.90 Å². The van der Waals surface area contributed by atoms with E-state index in [0.717, 1.165) is 54.1 Å². The minimum Gasteiger partial charge on any atom is -0.506 e. The number of pyridine rings is 2. The molecule has 1 fully saturated rings. The minimum absolute atomic E-state index is 0.121. The standard InChI is InChI=1S/C23H31N3O3/c1-15(2)29-21(28)12-18-16(3)24-14-19(20-7-6-17(27)13-25-20)22(18)26-10-8-23(4,5)9-11-26/h6-7,13-15,27H,8-12H2,1-5H3. The summed E-state index contributed by atoms with van der Waals surface area (Å²) in [5.74, 6) is -0.130. The molecule has 0 radical (unpaired) electrons. The number of hydrogen-bond donors (Lipinski definition) is 1. The second-order valence-electron chi connectivity index (χ2n) is 8.85. The number of piperidine rings is 1. The molecule has 6 nitrogen and oxygen atoms in total. The molecule has 6 heteroatoms. The van der Waals surface area contributed by atoms with Crippen LogP contribution in [0.2, 0.25) is 0 Å². The zero-order chi connectivity index (χ0) is 21.2. The van der Waals surface area contributed by atoms with Crippen molar-refractivity contribution in [2.75, 3.05) is 18.0 Å². The highest BCUT2D eigenvalue weighted by atomic mass is 16.5. The van der Waals surface area contributed by atoms with Crippen LogP contribution in [-0.4, -0.2) is 40.2 Å². The molecular formula is C23H31N3O3. The summed E-state index contributed by atoms with van der Waals surface area (Å²) >= 11 is 0. The topological polar surface area (TPSA) is 75.6 Å². The molecule has 1 saturated heterocycles. The smallest absolute Gasteiger partial charge is 0.310 e. The summed E-state index contributed by atoms with van der Waals surface area (Å²) in [4.78, 5) is 23.8. The average molecular weight is 398 g/mol. The van der Waals surface area contributed by atoms with E-state index in [0.29, 0.717) is 5.41 Å². The van der Waals surface area contributed by atoms with E-state index < -0.39 is 0 Å². The van der Waals surface area contributed by atoms with Crippen molar-refractivity contribution >= 4 is 11.7 Å². The maximum absolute atomic E-state index is 12.5. The lowest BCUT2D eigenvalue weighted by molar-refractivity contribution is -0.146. The molecule has 29 heavy (non-hydrogen) atoms. The highest BCUT2D eigenvalue weighted by Gasteiger charge is 2.29. The van der Waals surface area contributed by atoms with Gasteiger partial charge in [0.1, 0.15) is 5.75 Å². The van der Waals surface area contributed by atoms with Crippen LogP contribution in [0.1, 0.15) is 51.8 Å². The molecule has 0 aliphatic carbocycles. The molecule has 1 N–H and O–H groups in total. The summed E-state index contributed by atoms with van der Waals surface area (Å²) in [5.41, 5.74) is 4.64. The lowest BCUT2D eigenvalue weighted by Gasteiger charge is -2.40. The number of anilines is 1. The molecule has 0 spiro atoms. The molecule has 3 rings (SSSR count). The lowest BCUT2D eigenvalue weighted by atomic mass is 9.82. The molecule has 2 aromatic heterocycles. The van der Waals surface area contributed by atoms with Gasteiger partial charge in [-0.15, -0.1) is 0 Å². The van der Waals surface area contributed by atoms with Crippen molar-refractivity contribution in [1.29, 1.82) is 0 Å². The van der Waals surface area contributed by atoms with E-state index in [4.69, 9.17) is 4.74 Å². The second kappa shape index (κ2) is 8.39. The number of aromatic nitrogens is 2. The predicted octanol–water partition coefficient (Wildman–Crippen LogP) is 4.28. The average Bonchev–Trinajstić information content (AvgIpc) is 2.64. The Morgan fingerprint density at radius 1 is 1.21 bits per heavy atom. The SMILES string of the molecule is Cc1ncc(-c2ccc(O)cn2)c(N2CCC(C)(C)CC2)c1CC(=O)OC(C)C. The summed E-state index contributed by atoms with van der Waals surface area (Å²) in [6.45, 7) is 12.1. The van der Waals surface area contributed by atoms with Gasteiger partial charge in [-0.1, -0.05) is 13.8 Å². The first-order valence-electron chi connectivity index (χ1n) is 10.2. The van der Waals surface area contributed by atoms with E-state index in [2.05, 4.69) is 28.7 Å². The highest BCUT2D eigenvalue weighted by Crippen LogP contribution is 2.39. The Morgan fingerprint density at radius 3 is 2.48 bits per heavy atom. The molecule has 0 bridgehead atoms. The van der Waals surface area contributed by atoms with Gasteiger partial charge < -0.3 is 14.7 Å². The number of hydrogen-bond acceptors (Lipinski definition) is 6. The molecule has 1 aliphatic rings. The zero-order valence-corrected chi connectivity index (χ0v) is 18.0. The van der Waals surface area contributed by atoms with Crippen LogP contribution in [0.4, 0.5) is 5.69 Å². The normalized spacial score (nSPS) is 16.1. The van der Waals surface area contributed by atoms with Gasteiger partial charge in [0.2, 0.25) is 0 Å². The maximum atomic E-state index is 12.5. The summed E-state index contributed by atoms with van der Waals surface area (Å²) in [6.07, 6.45) is 5.43. The Balaban J connectivity index is 2.07. The van der Waals surface area contributed by atoms with E-state index >= 15 is 0 Å². The number of carbonyl (C=O) groups excluding carboxylic acids is 1. The van der Waals surface area contributed by atoms with Crippen LogP contribution in [-0.2, 0) is 16.0 Å². The van der Waals surface area contributed by atoms with Gasteiger partial charge in [0, 0.05) is 36.1 Å². The molecular weight excluding hydrogens is 366 g/mol. The molecule has 1 aliphatic heterocycles. The molecule has 3 heterocycles. The number of rotatable bonds is 5. The van der Waals surface area contributed by atoms with Crippen molar-refractivity contribution in [2.24, 2.45) is 5.41 Å². The van der Waals surface area contributed by atoms with Gasteiger partial charge in [-0.3, -0.25) is 14.8 Å². The number of nitrogens with zero attached hydrogens (tertiary/aromatic N) is 3. The second-order valence-corrected chi connectivity index (χ2v) is 8.85. The van der Waals surface area contributed by atoms with Crippen LogP contribution in [0.3, 0.4) is 0 Å². The summed E-state index contributed by atoms with van der Waals surface area (Å²) in [5, 5.41) is 9.63. The summed E-state index contributed by atoms with van der Waals surface area (Å²) < 4.78 is 5.41. The van der Waals surface area contributed by atoms with Crippen molar-refractivity contribution in [1.82, 2.24) is 9.97 Å². The van der Waals surface area contributed by atoms with Crippen LogP contribution in [0, 0.1) is 12.3 Å². The molecule has 0 aromatic carbocycles. The fourth-order valence-electron chi connectivity index (χ4n) is 3.72. The molecule has 0 saturated carbocycles. The highest BCUT2D eigenvalue weighted by molar-refractivity contribution is 5.84. The van der Waals surface area contributed by atoms with E-state index in [-0.39, 0.29) is 24.2 Å².